The normalized spacial score (nSPS) is 10.8. The number of benzene rings is 1. The predicted octanol–water partition coefficient (Wildman–Crippen LogP) is 2.50. The second-order valence-electron chi connectivity index (χ2n) is 5.40. The Balaban J connectivity index is 3.01. The van der Waals surface area contributed by atoms with Crippen molar-refractivity contribution in [3.8, 4) is 0 Å². The highest BCUT2D eigenvalue weighted by molar-refractivity contribution is 6.06. The molecule has 0 fully saturated rings. The van der Waals surface area contributed by atoms with Crippen LogP contribution in [0, 0.1) is 13.8 Å². The fraction of sp³-hybridized carbons (Fsp3) is 0.500. The van der Waals surface area contributed by atoms with Crippen molar-refractivity contribution in [2.24, 2.45) is 0 Å². The highest BCUT2D eigenvalue weighted by Gasteiger charge is 2.23. The number of carbonyl (C=O) groups is 2. The zero-order chi connectivity index (χ0) is 16.2. The van der Waals surface area contributed by atoms with Gasteiger partial charge in [-0.3, -0.25) is 4.79 Å². The van der Waals surface area contributed by atoms with E-state index in [0.29, 0.717) is 24.3 Å². The van der Waals surface area contributed by atoms with E-state index in [4.69, 9.17) is 4.74 Å². The third kappa shape index (κ3) is 4.29. The highest BCUT2D eigenvalue weighted by Crippen LogP contribution is 2.20. The van der Waals surface area contributed by atoms with Crippen LogP contribution in [0.3, 0.4) is 0 Å². The number of rotatable bonds is 6. The molecule has 0 bridgehead atoms. The van der Waals surface area contributed by atoms with E-state index in [1.54, 1.807) is 33.0 Å². The molecule has 1 N–H and O–H groups in total. The van der Waals surface area contributed by atoms with Gasteiger partial charge in [0.05, 0.1) is 23.8 Å². The number of hydrogen-bond donors (Lipinski definition) is 1. The molecule has 0 aliphatic carbocycles. The van der Waals surface area contributed by atoms with Crippen LogP contribution in [-0.4, -0.2) is 48.2 Å². The van der Waals surface area contributed by atoms with Gasteiger partial charge in [-0.25, -0.2) is 4.79 Å². The van der Waals surface area contributed by atoms with Gasteiger partial charge in [-0.15, -0.1) is 0 Å². The molecule has 1 aromatic carbocycles. The monoisotopic (exact) mass is 293 g/mol. The summed E-state index contributed by atoms with van der Waals surface area (Å²) in [6.07, 6.45) is 0.101. The number of nitrogens with zero attached hydrogens (tertiary/aromatic N) is 1. The Bertz CT molecular complexity index is 537. The maximum Gasteiger partial charge on any atom is 0.336 e. The molecule has 1 aromatic rings. The standard InChI is InChI=1S/C16H23NO4/c1-10(2)21-9-8-17(5)15(18)13-11(3)6-7-12(4)14(13)16(19)20/h6-7,10H,8-9H2,1-5H3,(H,19,20). The van der Waals surface area contributed by atoms with Crippen LogP contribution in [0.15, 0.2) is 12.1 Å². The Morgan fingerprint density at radius 2 is 1.71 bits per heavy atom. The average molecular weight is 293 g/mol. The zero-order valence-corrected chi connectivity index (χ0v) is 13.3. The molecule has 0 atom stereocenters. The van der Waals surface area contributed by atoms with Crippen LogP contribution in [-0.2, 0) is 4.74 Å². The predicted molar refractivity (Wildman–Crippen MR) is 80.9 cm³/mol. The van der Waals surface area contributed by atoms with Gasteiger partial charge in [-0.2, -0.15) is 0 Å². The molecular formula is C16H23NO4. The van der Waals surface area contributed by atoms with Gasteiger partial charge in [-0.05, 0) is 38.8 Å². The fourth-order valence-corrected chi connectivity index (χ4v) is 2.08. The Morgan fingerprint density at radius 3 is 2.19 bits per heavy atom. The third-order valence-electron chi connectivity index (χ3n) is 3.27. The molecule has 0 aromatic heterocycles. The summed E-state index contributed by atoms with van der Waals surface area (Å²) in [6, 6.07) is 3.49. The molecule has 5 heteroatoms. The van der Waals surface area contributed by atoms with E-state index in [-0.39, 0.29) is 23.1 Å². The maximum atomic E-state index is 12.5. The van der Waals surface area contributed by atoms with Gasteiger partial charge in [0.25, 0.3) is 5.91 Å². The van der Waals surface area contributed by atoms with E-state index in [1.165, 1.54) is 4.90 Å². The smallest absolute Gasteiger partial charge is 0.336 e. The van der Waals surface area contributed by atoms with Gasteiger partial charge in [0.15, 0.2) is 0 Å². The first kappa shape index (κ1) is 17.2. The van der Waals surface area contributed by atoms with Crippen LogP contribution in [0.5, 0.6) is 0 Å². The van der Waals surface area contributed by atoms with Crippen molar-refractivity contribution in [2.45, 2.75) is 33.8 Å². The summed E-state index contributed by atoms with van der Waals surface area (Å²) in [6.45, 7) is 8.14. The van der Waals surface area contributed by atoms with E-state index in [1.807, 2.05) is 13.8 Å². The molecule has 21 heavy (non-hydrogen) atoms. The number of amides is 1. The summed E-state index contributed by atoms with van der Waals surface area (Å²) < 4.78 is 5.42. The Labute approximate surface area is 125 Å². The van der Waals surface area contributed by atoms with Crippen molar-refractivity contribution >= 4 is 11.9 Å². The topological polar surface area (TPSA) is 66.8 Å². The molecule has 1 rings (SSSR count). The number of carboxylic acids is 1. The van der Waals surface area contributed by atoms with Crippen LogP contribution >= 0.6 is 0 Å². The largest absolute Gasteiger partial charge is 0.478 e. The lowest BCUT2D eigenvalue weighted by molar-refractivity contribution is 0.0527. The van der Waals surface area contributed by atoms with E-state index >= 15 is 0 Å². The first-order valence-electron chi connectivity index (χ1n) is 6.96. The average Bonchev–Trinajstić information content (AvgIpc) is 2.39. The van der Waals surface area contributed by atoms with Crippen LogP contribution in [0.25, 0.3) is 0 Å². The van der Waals surface area contributed by atoms with Gasteiger partial charge >= 0.3 is 5.97 Å². The second-order valence-corrected chi connectivity index (χ2v) is 5.40. The van der Waals surface area contributed by atoms with Gasteiger partial charge in [-0.1, -0.05) is 12.1 Å². The van der Waals surface area contributed by atoms with Crippen molar-refractivity contribution in [1.29, 1.82) is 0 Å². The lowest BCUT2D eigenvalue weighted by Crippen LogP contribution is -2.32. The minimum absolute atomic E-state index is 0.0802. The van der Waals surface area contributed by atoms with Gasteiger partial charge in [0.1, 0.15) is 0 Å². The molecular weight excluding hydrogens is 270 g/mol. The summed E-state index contributed by atoms with van der Waals surface area (Å²) in [7, 11) is 1.65. The number of carboxylic acid groups (broad SMARTS) is 1. The molecule has 0 radical (unpaired) electrons. The van der Waals surface area contributed by atoms with Crippen LogP contribution in [0.1, 0.15) is 45.7 Å². The minimum atomic E-state index is -1.08. The Kier molecular flexibility index (Phi) is 5.90. The molecule has 0 saturated carbocycles. The molecule has 1 amide bonds. The van der Waals surface area contributed by atoms with E-state index in [2.05, 4.69) is 0 Å². The molecule has 0 aliphatic rings. The number of aryl methyl sites for hydroxylation is 2. The number of hydrogen-bond acceptors (Lipinski definition) is 3. The molecule has 0 unspecified atom stereocenters. The Hall–Kier alpha value is -1.88. The van der Waals surface area contributed by atoms with Gasteiger partial charge in [0.2, 0.25) is 0 Å². The van der Waals surface area contributed by atoms with Crippen LogP contribution in [0.2, 0.25) is 0 Å². The fourth-order valence-electron chi connectivity index (χ4n) is 2.08. The molecule has 116 valence electrons. The summed E-state index contributed by atoms with van der Waals surface area (Å²) in [4.78, 5) is 25.5. The van der Waals surface area contributed by atoms with Crippen molar-refractivity contribution < 1.29 is 19.4 Å². The molecule has 0 heterocycles. The summed E-state index contributed by atoms with van der Waals surface area (Å²) in [5.74, 6) is -1.37. The minimum Gasteiger partial charge on any atom is -0.478 e. The van der Waals surface area contributed by atoms with E-state index in [0.717, 1.165) is 0 Å². The molecule has 5 nitrogen and oxygen atoms in total. The quantitative estimate of drug-likeness (QED) is 0.875. The molecule has 0 saturated heterocycles. The van der Waals surface area contributed by atoms with Crippen molar-refractivity contribution in [2.75, 3.05) is 20.2 Å². The second kappa shape index (κ2) is 7.22. The van der Waals surface area contributed by atoms with E-state index < -0.39 is 5.97 Å². The first-order valence-corrected chi connectivity index (χ1v) is 6.96. The summed E-state index contributed by atoms with van der Waals surface area (Å²) in [5.41, 5.74) is 1.59. The van der Waals surface area contributed by atoms with Crippen molar-refractivity contribution in [3.63, 3.8) is 0 Å². The van der Waals surface area contributed by atoms with Gasteiger partial charge in [0, 0.05) is 13.6 Å². The number of aromatic carboxylic acids is 1. The highest BCUT2D eigenvalue weighted by atomic mass is 16.5. The molecule has 0 aliphatic heterocycles. The third-order valence-corrected chi connectivity index (χ3v) is 3.27. The SMILES string of the molecule is Cc1ccc(C)c(C(=O)N(C)CCOC(C)C)c1C(=O)O. The summed E-state index contributed by atoms with van der Waals surface area (Å²) in [5, 5.41) is 9.36. The number of carbonyl (C=O) groups excluding carboxylic acids is 1. The van der Waals surface area contributed by atoms with E-state index in [9.17, 15) is 14.7 Å². The van der Waals surface area contributed by atoms with Crippen molar-refractivity contribution in [1.82, 2.24) is 4.90 Å². The number of likely N-dealkylation sites (N-methyl/N-ethyl adjacent to an activating group) is 1. The van der Waals surface area contributed by atoms with Gasteiger partial charge < -0.3 is 14.7 Å². The summed E-state index contributed by atoms with van der Waals surface area (Å²) >= 11 is 0. The zero-order valence-electron chi connectivity index (χ0n) is 13.3. The number of ether oxygens (including phenoxy) is 1. The lowest BCUT2D eigenvalue weighted by Gasteiger charge is -2.21. The Morgan fingerprint density at radius 1 is 1.19 bits per heavy atom. The van der Waals surface area contributed by atoms with Crippen LogP contribution in [0.4, 0.5) is 0 Å². The van der Waals surface area contributed by atoms with Crippen LogP contribution < -0.4 is 0 Å². The first-order chi connectivity index (χ1) is 9.75. The maximum absolute atomic E-state index is 12.5. The van der Waals surface area contributed by atoms with Crippen molar-refractivity contribution in [3.05, 3.63) is 34.4 Å². The molecule has 0 spiro atoms. The lowest BCUT2D eigenvalue weighted by atomic mass is 9.96.